The second kappa shape index (κ2) is 8.18. The van der Waals surface area contributed by atoms with Crippen molar-refractivity contribution in [2.45, 2.75) is 37.8 Å². The summed E-state index contributed by atoms with van der Waals surface area (Å²) in [6.07, 6.45) is 6.33. The van der Waals surface area contributed by atoms with Crippen LogP contribution in [0, 0.1) is 0 Å². The fourth-order valence-electron chi connectivity index (χ4n) is 3.97. The highest BCUT2D eigenvalue weighted by atomic mass is 32.1. The minimum absolute atomic E-state index is 0.166. The summed E-state index contributed by atoms with van der Waals surface area (Å²) in [5.74, 6) is 0.166. The molecule has 5 nitrogen and oxygen atoms in total. The Labute approximate surface area is 158 Å². The second-order valence-electron chi connectivity index (χ2n) is 7.04. The van der Waals surface area contributed by atoms with Gasteiger partial charge in [0.15, 0.2) is 0 Å². The number of aromatic nitrogens is 1. The third-order valence-corrected chi connectivity index (χ3v) is 6.10. The van der Waals surface area contributed by atoms with E-state index in [-0.39, 0.29) is 12.0 Å². The molecule has 4 rings (SSSR count). The molecule has 2 aliphatic rings. The third-order valence-electron chi connectivity index (χ3n) is 5.44. The maximum atomic E-state index is 12.6. The smallest absolute Gasteiger partial charge is 0.273 e. The molecule has 138 valence electrons. The van der Waals surface area contributed by atoms with Crippen LogP contribution in [0.5, 0.6) is 5.19 Å². The van der Waals surface area contributed by atoms with Crippen molar-refractivity contribution in [1.29, 1.82) is 0 Å². The molecular weight excluding hydrogens is 346 g/mol. The van der Waals surface area contributed by atoms with Gasteiger partial charge in [0.25, 0.3) is 11.1 Å². The van der Waals surface area contributed by atoms with Gasteiger partial charge in [-0.25, -0.2) is 4.98 Å². The third kappa shape index (κ3) is 4.07. The SMILES string of the molecule is O=C(c1ccccc1)N1CCC(N2CCC(Oc3nccs3)CC2)CC1. The van der Waals surface area contributed by atoms with E-state index in [2.05, 4.69) is 9.88 Å². The Balaban J connectivity index is 1.23. The van der Waals surface area contributed by atoms with Crippen molar-refractivity contribution in [1.82, 2.24) is 14.8 Å². The first-order chi connectivity index (χ1) is 12.8. The lowest BCUT2D eigenvalue weighted by Gasteiger charge is -2.41. The quantitative estimate of drug-likeness (QED) is 0.827. The Kier molecular flexibility index (Phi) is 5.51. The summed E-state index contributed by atoms with van der Waals surface area (Å²) < 4.78 is 5.96. The molecule has 0 N–H and O–H groups in total. The zero-order chi connectivity index (χ0) is 17.8. The number of likely N-dealkylation sites (tertiary alicyclic amines) is 2. The predicted octanol–water partition coefficient (Wildman–Crippen LogP) is 3.29. The molecule has 3 heterocycles. The summed E-state index contributed by atoms with van der Waals surface area (Å²) in [6, 6.07) is 10.2. The first kappa shape index (κ1) is 17.5. The van der Waals surface area contributed by atoms with Gasteiger partial charge < -0.3 is 9.64 Å². The molecule has 0 aliphatic carbocycles. The fourth-order valence-corrected chi connectivity index (χ4v) is 4.52. The van der Waals surface area contributed by atoms with Crippen molar-refractivity contribution in [3.05, 3.63) is 47.5 Å². The van der Waals surface area contributed by atoms with Crippen molar-refractivity contribution in [2.24, 2.45) is 0 Å². The van der Waals surface area contributed by atoms with Crippen LogP contribution in [-0.4, -0.2) is 59.0 Å². The van der Waals surface area contributed by atoms with Crippen molar-refractivity contribution in [2.75, 3.05) is 26.2 Å². The maximum absolute atomic E-state index is 12.6. The number of piperidine rings is 2. The Morgan fingerprint density at radius 2 is 1.77 bits per heavy atom. The Bertz CT molecular complexity index is 691. The highest BCUT2D eigenvalue weighted by Gasteiger charge is 2.30. The highest BCUT2D eigenvalue weighted by molar-refractivity contribution is 7.11. The van der Waals surface area contributed by atoms with Crippen LogP contribution in [0.1, 0.15) is 36.0 Å². The fraction of sp³-hybridized carbons (Fsp3) is 0.500. The monoisotopic (exact) mass is 371 g/mol. The van der Waals surface area contributed by atoms with E-state index < -0.39 is 0 Å². The minimum Gasteiger partial charge on any atom is -0.467 e. The van der Waals surface area contributed by atoms with Crippen LogP contribution < -0.4 is 4.74 Å². The summed E-state index contributed by atoms with van der Waals surface area (Å²) in [6.45, 7) is 3.86. The molecular formula is C20H25N3O2S. The molecule has 0 saturated carbocycles. The summed E-state index contributed by atoms with van der Waals surface area (Å²) in [7, 11) is 0. The van der Waals surface area contributed by atoms with Gasteiger partial charge in [-0.1, -0.05) is 29.5 Å². The molecule has 0 atom stereocenters. The average Bonchev–Trinajstić information content (AvgIpc) is 3.22. The van der Waals surface area contributed by atoms with Crippen LogP contribution in [0.15, 0.2) is 41.9 Å². The van der Waals surface area contributed by atoms with Crippen LogP contribution in [0.4, 0.5) is 0 Å². The van der Waals surface area contributed by atoms with E-state index >= 15 is 0 Å². The molecule has 26 heavy (non-hydrogen) atoms. The van der Waals surface area contributed by atoms with Crippen molar-refractivity contribution >= 4 is 17.2 Å². The van der Waals surface area contributed by atoms with E-state index in [1.165, 1.54) is 0 Å². The number of amides is 1. The van der Waals surface area contributed by atoms with Crippen LogP contribution in [-0.2, 0) is 0 Å². The molecule has 2 aromatic rings. The molecule has 2 saturated heterocycles. The van der Waals surface area contributed by atoms with Crippen molar-refractivity contribution in [3.63, 3.8) is 0 Å². The largest absolute Gasteiger partial charge is 0.467 e. The van der Waals surface area contributed by atoms with E-state index in [1.807, 2.05) is 40.6 Å². The van der Waals surface area contributed by atoms with Crippen LogP contribution in [0.3, 0.4) is 0 Å². The Morgan fingerprint density at radius 1 is 1.04 bits per heavy atom. The van der Waals surface area contributed by atoms with Gasteiger partial charge in [-0.2, -0.15) is 0 Å². The number of benzene rings is 1. The predicted molar refractivity (Wildman–Crippen MR) is 103 cm³/mol. The molecule has 2 aliphatic heterocycles. The van der Waals surface area contributed by atoms with Crippen LogP contribution >= 0.6 is 11.3 Å². The van der Waals surface area contributed by atoms with Gasteiger partial charge in [0.2, 0.25) is 0 Å². The van der Waals surface area contributed by atoms with Crippen molar-refractivity contribution in [3.8, 4) is 5.19 Å². The molecule has 2 fully saturated rings. The first-order valence-electron chi connectivity index (χ1n) is 9.44. The van der Waals surface area contributed by atoms with Crippen LogP contribution in [0.2, 0.25) is 0 Å². The zero-order valence-corrected chi connectivity index (χ0v) is 15.7. The summed E-state index contributed by atoms with van der Waals surface area (Å²) >= 11 is 1.56. The number of hydrogen-bond acceptors (Lipinski definition) is 5. The standard InChI is InChI=1S/C20H25N3O2S/c24-19(16-4-2-1-3-5-16)23-11-6-17(7-12-23)22-13-8-18(9-14-22)25-20-21-10-15-26-20/h1-5,10,15,17-18H,6-9,11-14H2. The lowest BCUT2D eigenvalue weighted by atomic mass is 9.98. The van der Waals surface area contributed by atoms with Gasteiger partial charge in [-0.05, 0) is 37.8 Å². The molecule has 6 heteroatoms. The maximum Gasteiger partial charge on any atom is 0.273 e. The van der Waals surface area contributed by atoms with Gasteiger partial charge in [-0.15, -0.1) is 0 Å². The number of carbonyl (C=O) groups is 1. The average molecular weight is 372 g/mol. The molecule has 0 bridgehead atoms. The van der Waals surface area contributed by atoms with Gasteiger partial charge in [0.05, 0.1) is 0 Å². The van der Waals surface area contributed by atoms with Gasteiger partial charge in [0, 0.05) is 49.4 Å². The molecule has 0 unspecified atom stereocenters. The lowest BCUT2D eigenvalue weighted by Crippen LogP contribution is -2.50. The molecule has 0 radical (unpaired) electrons. The van der Waals surface area contributed by atoms with Gasteiger partial charge in [0.1, 0.15) is 6.10 Å². The molecule has 0 spiro atoms. The summed E-state index contributed by atoms with van der Waals surface area (Å²) in [4.78, 5) is 21.4. The Hall–Kier alpha value is -1.92. The number of carbonyl (C=O) groups excluding carboxylic acids is 1. The Morgan fingerprint density at radius 3 is 2.42 bits per heavy atom. The normalized spacial score (nSPS) is 20.2. The molecule has 1 aromatic heterocycles. The highest BCUT2D eigenvalue weighted by Crippen LogP contribution is 2.25. The van der Waals surface area contributed by atoms with E-state index in [1.54, 1.807) is 17.5 Å². The summed E-state index contributed by atoms with van der Waals surface area (Å²) in [5.41, 5.74) is 0.797. The van der Waals surface area contributed by atoms with Crippen LogP contribution in [0.25, 0.3) is 0 Å². The first-order valence-corrected chi connectivity index (χ1v) is 10.3. The topological polar surface area (TPSA) is 45.7 Å². The van der Waals surface area contributed by atoms with E-state index in [0.717, 1.165) is 62.6 Å². The number of nitrogens with zero attached hydrogens (tertiary/aromatic N) is 3. The number of ether oxygens (including phenoxy) is 1. The molecule has 1 amide bonds. The van der Waals surface area contributed by atoms with Gasteiger partial charge >= 0.3 is 0 Å². The number of thiazole rings is 1. The van der Waals surface area contributed by atoms with E-state index in [4.69, 9.17) is 4.74 Å². The van der Waals surface area contributed by atoms with E-state index in [0.29, 0.717) is 6.04 Å². The van der Waals surface area contributed by atoms with Crippen molar-refractivity contribution < 1.29 is 9.53 Å². The number of hydrogen-bond donors (Lipinski definition) is 0. The van der Waals surface area contributed by atoms with E-state index in [9.17, 15) is 4.79 Å². The lowest BCUT2D eigenvalue weighted by molar-refractivity contribution is 0.0425. The number of rotatable bonds is 4. The van der Waals surface area contributed by atoms with Gasteiger partial charge in [-0.3, -0.25) is 9.69 Å². The summed E-state index contributed by atoms with van der Waals surface area (Å²) in [5, 5.41) is 2.74. The second-order valence-corrected chi connectivity index (χ2v) is 7.90. The molecule has 1 aromatic carbocycles. The minimum atomic E-state index is 0.166. The zero-order valence-electron chi connectivity index (χ0n) is 14.9.